The van der Waals surface area contributed by atoms with E-state index in [0.29, 0.717) is 5.56 Å². The number of hydrogen-bond acceptors (Lipinski definition) is 3. The maximum Gasteiger partial charge on any atom is 0.251 e. The molecule has 1 rings (SSSR count). The Balaban J connectivity index is 2.71. The van der Waals surface area contributed by atoms with Crippen molar-refractivity contribution in [3.63, 3.8) is 0 Å². The number of rotatable bonds is 4. The van der Waals surface area contributed by atoms with Gasteiger partial charge in [-0.05, 0) is 31.5 Å². The zero-order chi connectivity index (χ0) is 12.0. The van der Waals surface area contributed by atoms with E-state index in [0.717, 1.165) is 5.56 Å². The minimum atomic E-state index is -0.0490. The van der Waals surface area contributed by atoms with Crippen LogP contribution >= 0.6 is 0 Å². The normalized spacial score (nSPS) is 10.8. The number of carbonyl (C=O) groups is 1. The van der Waals surface area contributed by atoms with Crippen LogP contribution < -0.4 is 10.7 Å². The van der Waals surface area contributed by atoms with Crippen molar-refractivity contribution in [3.05, 3.63) is 35.4 Å². The molecule has 0 aliphatic rings. The Morgan fingerprint density at radius 2 is 1.94 bits per heavy atom. The lowest BCUT2D eigenvalue weighted by Gasteiger charge is -2.07. The third-order valence-electron chi connectivity index (χ3n) is 1.94. The van der Waals surface area contributed by atoms with Crippen molar-refractivity contribution >= 4 is 12.1 Å². The zero-order valence-electron chi connectivity index (χ0n) is 9.82. The van der Waals surface area contributed by atoms with Gasteiger partial charge in [0.2, 0.25) is 0 Å². The molecule has 0 aliphatic carbocycles. The molecule has 0 unspecified atom stereocenters. The van der Waals surface area contributed by atoms with Gasteiger partial charge in [0, 0.05) is 18.7 Å². The summed E-state index contributed by atoms with van der Waals surface area (Å²) in [5, 5.41) is 6.73. The number of amides is 1. The fraction of sp³-hybridized carbons (Fsp3) is 0.333. The second-order valence-corrected chi connectivity index (χ2v) is 3.73. The number of benzene rings is 1. The molecule has 86 valence electrons. The molecule has 4 heteroatoms. The summed E-state index contributed by atoms with van der Waals surface area (Å²) in [6.45, 7) is 3.87. The molecular formula is C12H17N3O. The Kier molecular flexibility index (Phi) is 4.51. The smallest absolute Gasteiger partial charge is 0.251 e. The summed E-state index contributed by atoms with van der Waals surface area (Å²) in [6.07, 6.45) is 1.70. The van der Waals surface area contributed by atoms with Crippen LogP contribution in [0.1, 0.15) is 29.8 Å². The molecule has 16 heavy (non-hydrogen) atoms. The summed E-state index contributed by atoms with van der Waals surface area (Å²) < 4.78 is 0. The van der Waals surface area contributed by atoms with Crippen molar-refractivity contribution in [2.45, 2.75) is 19.9 Å². The van der Waals surface area contributed by atoms with Gasteiger partial charge in [-0.1, -0.05) is 12.1 Å². The lowest BCUT2D eigenvalue weighted by atomic mass is 10.1. The third-order valence-corrected chi connectivity index (χ3v) is 1.94. The molecule has 4 nitrogen and oxygen atoms in total. The Bertz CT molecular complexity index is 368. The molecule has 1 aromatic carbocycles. The van der Waals surface area contributed by atoms with E-state index in [2.05, 4.69) is 15.8 Å². The minimum Gasteiger partial charge on any atom is -0.350 e. The van der Waals surface area contributed by atoms with E-state index in [1.807, 2.05) is 26.0 Å². The Hall–Kier alpha value is -1.84. The second-order valence-electron chi connectivity index (χ2n) is 3.73. The standard InChI is InChI=1S/C12H17N3O/c1-9(2)15-12(16)11-6-4-10(5-7-11)8-14-13-3/h4-9,13H,1-3H3,(H,15,16). The van der Waals surface area contributed by atoms with Gasteiger partial charge in [-0.25, -0.2) is 0 Å². The van der Waals surface area contributed by atoms with Crippen molar-refractivity contribution in [1.29, 1.82) is 0 Å². The maximum atomic E-state index is 11.6. The fourth-order valence-electron chi connectivity index (χ4n) is 1.21. The first-order chi connectivity index (χ1) is 7.63. The Morgan fingerprint density at radius 1 is 1.31 bits per heavy atom. The SMILES string of the molecule is CNN=Cc1ccc(C(=O)NC(C)C)cc1. The molecule has 0 heterocycles. The number of nitrogens with zero attached hydrogens (tertiary/aromatic N) is 1. The Labute approximate surface area is 95.7 Å². The van der Waals surface area contributed by atoms with Crippen LogP contribution in [0.15, 0.2) is 29.4 Å². The summed E-state index contributed by atoms with van der Waals surface area (Å²) in [7, 11) is 1.74. The summed E-state index contributed by atoms with van der Waals surface area (Å²) in [4.78, 5) is 11.6. The van der Waals surface area contributed by atoms with Crippen LogP contribution in [0.4, 0.5) is 0 Å². The maximum absolute atomic E-state index is 11.6. The molecule has 0 saturated carbocycles. The zero-order valence-corrected chi connectivity index (χ0v) is 9.82. The monoisotopic (exact) mass is 219 g/mol. The van der Waals surface area contributed by atoms with E-state index in [1.165, 1.54) is 0 Å². The predicted molar refractivity (Wildman–Crippen MR) is 65.7 cm³/mol. The highest BCUT2D eigenvalue weighted by Crippen LogP contribution is 2.02. The lowest BCUT2D eigenvalue weighted by molar-refractivity contribution is 0.0943. The van der Waals surface area contributed by atoms with Crippen LogP contribution in [-0.4, -0.2) is 25.2 Å². The average molecular weight is 219 g/mol. The highest BCUT2D eigenvalue weighted by molar-refractivity contribution is 5.95. The first-order valence-corrected chi connectivity index (χ1v) is 5.24. The van der Waals surface area contributed by atoms with Crippen LogP contribution in [-0.2, 0) is 0 Å². The van der Waals surface area contributed by atoms with E-state index in [9.17, 15) is 4.79 Å². The van der Waals surface area contributed by atoms with Crippen molar-refractivity contribution in [2.75, 3.05) is 7.05 Å². The molecular weight excluding hydrogens is 202 g/mol. The van der Waals surface area contributed by atoms with E-state index < -0.39 is 0 Å². The minimum absolute atomic E-state index is 0.0490. The molecule has 0 spiro atoms. The van der Waals surface area contributed by atoms with Crippen molar-refractivity contribution in [1.82, 2.24) is 10.7 Å². The highest BCUT2D eigenvalue weighted by atomic mass is 16.1. The average Bonchev–Trinajstić information content (AvgIpc) is 2.26. The van der Waals surface area contributed by atoms with Gasteiger partial charge in [0.15, 0.2) is 0 Å². The molecule has 0 bridgehead atoms. The van der Waals surface area contributed by atoms with Crippen molar-refractivity contribution in [2.24, 2.45) is 5.10 Å². The molecule has 0 fully saturated rings. The first kappa shape index (κ1) is 12.2. The van der Waals surface area contributed by atoms with Gasteiger partial charge >= 0.3 is 0 Å². The van der Waals surface area contributed by atoms with Crippen molar-refractivity contribution in [3.8, 4) is 0 Å². The van der Waals surface area contributed by atoms with Gasteiger partial charge in [0.05, 0.1) is 6.21 Å². The van der Waals surface area contributed by atoms with Crippen LogP contribution in [0.25, 0.3) is 0 Å². The van der Waals surface area contributed by atoms with Gasteiger partial charge in [0.25, 0.3) is 5.91 Å². The topological polar surface area (TPSA) is 53.5 Å². The lowest BCUT2D eigenvalue weighted by Crippen LogP contribution is -2.29. The predicted octanol–water partition coefficient (Wildman–Crippen LogP) is 1.38. The number of carbonyl (C=O) groups excluding carboxylic acids is 1. The van der Waals surface area contributed by atoms with Gasteiger partial charge in [0.1, 0.15) is 0 Å². The molecule has 0 aromatic heterocycles. The summed E-state index contributed by atoms with van der Waals surface area (Å²) >= 11 is 0. The molecule has 1 aromatic rings. The van der Waals surface area contributed by atoms with E-state index in [1.54, 1.807) is 25.4 Å². The molecule has 0 atom stereocenters. The van der Waals surface area contributed by atoms with Crippen LogP contribution in [0.5, 0.6) is 0 Å². The third kappa shape index (κ3) is 3.73. The largest absolute Gasteiger partial charge is 0.350 e. The van der Waals surface area contributed by atoms with Crippen LogP contribution in [0.3, 0.4) is 0 Å². The van der Waals surface area contributed by atoms with E-state index in [-0.39, 0.29) is 11.9 Å². The van der Waals surface area contributed by atoms with Gasteiger partial charge in [-0.3, -0.25) is 4.79 Å². The first-order valence-electron chi connectivity index (χ1n) is 5.24. The highest BCUT2D eigenvalue weighted by Gasteiger charge is 2.05. The number of hydrazone groups is 1. The molecule has 0 radical (unpaired) electrons. The van der Waals surface area contributed by atoms with Crippen LogP contribution in [0.2, 0.25) is 0 Å². The summed E-state index contributed by atoms with van der Waals surface area (Å²) in [5.41, 5.74) is 4.29. The van der Waals surface area contributed by atoms with Gasteiger partial charge in [-0.2, -0.15) is 5.10 Å². The molecule has 0 aliphatic heterocycles. The fourth-order valence-corrected chi connectivity index (χ4v) is 1.21. The summed E-state index contributed by atoms with van der Waals surface area (Å²) in [6, 6.07) is 7.44. The number of hydrogen-bond donors (Lipinski definition) is 2. The van der Waals surface area contributed by atoms with E-state index >= 15 is 0 Å². The van der Waals surface area contributed by atoms with Gasteiger partial charge in [-0.15, -0.1) is 0 Å². The molecule has 0 saturated heterocycles. The molecule has 2 N–H and O–H groups in total. The second kappa shape index (κ2) is 5.90. The Morgan fingerprint density at radius 3 is 2.44 bits per heavy atom. The van der Waals surface area contributed by atoms with Crippen molar-refractivity contribution < 1.29 is 4.79 Å². The molecule has 1 amide bonds. The number of nitrogens with one attached hydrogen (secondary N) is 2. The van der Waals surface area contributed by atoms with Gasteiger partial charge < -0.3 is 10.7 Å². The quantitative estimate of drug-likeness (QED) is 0.593. The summed E-state index contributed by atoms with van der Waals surface area (Å²) in [5.74, 6) is -0.0490. The van der Waals surface area contributed by atoms with Crippen LogP contribution in [0, 0.1) is 0 Å². The van der Waals surface area contributed by atoms with E-state index in [4.69, 9.17) is 0 Å².